The van der Waals surface area contributed by atoms with Gasteiger partial charge in [-0.05, 0) is 47.0 Å². The lowest BCUT2D eigenvalue weighted by molar-refractivity contribution is -0.110. The Morgan fingerprint density at radius 3 is 2.48 bits per heavy atom. The van der Waals surface area contributed by atoms with Crippen molar-refractivity contribution in [1.82, 2.24) is 4.98 Å². The van der Waals surface area contributed by atoms with Crippen LogP contribution in [0.1, 0.15) is 11.1 Å². The second-order valence-corrected chi connectivity index (χ2v) is 5.54. The lowest BCUT2D eigenvalue weighted by Gasteiger charge is -2.05. The third-order valence-corrected chi connectivity index (χ3v) is 3.98. The average Bonchev–Trinajstić information content (AvgIpc) is 3.16. The number of fused-ring (bicyclic) bond motifs is 1. The number of hydrogen-bond acceptors (Lipinski definition) is 2. The van der Waals surface area contributed by atoms with E-state index in [0.717, 1.165) is 33.6 Å². The number of aromatic nitrogens is 1. The van der Waals surface area contributed by atoms with Gasteiger partial charge in [0.1, 0.15) is 0 Å². The molecule has 0 unspecified atom stereocenters. The minimum Gasteiger partial charge on any atom is -0.399 e. The fraction of sp³-hybridized carbons (Fsp3) is 0. The molecule has 4 nitrogen and oxygen atoms in total. The van der Waals surface area contributed by atoms with E-state index in [1.54, 1.807) is 0 Å². The van der Waals surface area contributed by atoms with Crippen molar-refractivity contribution in [3.8, 4) is 11.1 Å². The monoisotopic (exact) mass is 301 g/mol. The molecular weight excluding hydrogens is 286 g/mol. The molecule has 3 aromatic rings. The molecule has 4 rings (SSSR count). The first kappa shape index (κ1) is 13.4. The molecule has 112 valence electrons. The molecule has 2 heterocycles. The van der Waals surface area contributed by atoms with Crippen LogP contribution in [0, 0.1) is 0 Å². The van der Waals surface area contributed by atoms with Gasteiger partial charge in [0.15, 0.2) is 0 Å². The zero-order chi connectivity index (χ0) is 15.8. The van der Waals surface area contributed by atoms with Crippen LogP contribution in [-0.2, 0) is 4.79 Å². The maximum Gasteiger partial charge on any atom is 0.256 e. The van der Waals surface area contributed by atoms with Gasteiger partial charge in [-0.25, -0.2) is 0 Å². The maximum atomic E-state index is 12.2. The van der Waals surface area contributed by atoms with Crippen LogP contribution in [-0.4, -0.2) is 10.9 Å². The summed E-state index contributed by atoms with van der Waals surface area (Å²) >= 11 is 0. The number of anilines is 2. The summed E-state index contributed by atoms with van der Waals surface area (Å²) in [6.45, 7) is 0. The van der Waals surface area contributed by atoms with Gasteiger partial charge in [0, 0.05) is 34.9 Å². The van der Waals surface area contributed by atoms with Crippen molar-refractivity contribution in [1.29, 1.82) is 0 Å². The van der Waals surface area contributed by atoms with E-state index in [-0.39, 0.29) is 5.91 Å². The van der Waals surface area contributed by atoms with Crippen LogP contribution in [0.5, 0.6) is 0 Å². The van der Waals surface area contributed by atoms with Crippen LogP contribution in [0.15, 0.2) is 60.9 Å². The minimum absolute atomic E-state index is 0.0735. The number of rotatable bonds is 2. The second-order valence-electron chi connectivity index (χ2n) is 5.54. The predicted molar refractivity (Wildman–Crippen MR) is 93.6 cm³/mol. The Labute approximate surface area is 133 Å². The van der Waals surface area contributed by atoms with Gasteiger partial charge in [0.2, 0.25) is 0 Å². The molecular formula is C19H15N3O. The summed E-state index contributed by atoms with van der Waals surface area (Å²) in [5.74, 6) is -0.0735. The third kappa shape index (κ3) is 2.40. The van der Waals surface area contributed by atoms with Gasteiger partial charge in [-0.1, -0.05) is 24.3 Å². The van der Waals surface area contributed by atoms with Crippen LogP contribution in [0.3, 0.4) is 0 Å². The number of nitrogens with one attached hydrogen (secondary N) is 2. The van der Waals surface area contributed by atoms with E-state index in [1.807, 2.05) is 67.0 Å². The first-order valence-corrected chi connectivity index (χ1v) is 7.37. The van der Waals surface area contributed by atoms with E-state index in [9.17, 15) is 4.79 Å². The summed E-state index contributed by atoms with van der Waals surface area (Å²) in [4.78, 5) is 15.2. The molecule has 0 radical (unpaired) electrons. The van der Waals surface area contributed by atoms with E-state index in [1.165, 1.54) is 0 Å². The van der Waals surface area contributed by atoms with Gasteiger partial charge < -0.3 is 16.0 Å². The number of hydrogen-bond donors (Lipinski definition) is 3. The highest BCUT2D eigenvalue weighted by molar-refractivity contribution is 6.35. The SMILES string of the molecule is Nc1ccc(-c2ccc3c(c2)NC(=O)/C3=C\c2cc[nH]c2)cc1. The van der Waals surface area contributed by atoms with E-state index in [4.69, 9.17) is 5.73 Å². The first-order valence-electron chi connectivity index (χ1n) is 7.37. The summed E-state index contributed by atoms with van der Waals surface area (Å²) in [5, 5.41) is 2.94. The molecule has 1 aliphatic rings. The van der Waals surface area contributed by atoms with Crippen molar-refractivity contribution in [3.63, 3.8) is 0 Å². The summed E-state index contributed by atoms with van der Waals surface area (Å²) in [7, 11) is 0. The van der Waals surface area contributed by atoms with Gasteiger partial charge in [0.05, 0.1) is 0 Å². The van der Waals surface area contributed by atoms with Gasteiger partial charge in [-0.3, -0.25) is 4.79 Å². The van der Waals surface area contributed by atoms with Crippen molar-refractivity contribution < 1.29 is 4.79 Å². The average molecular weight is 301 g/mol. The lowest BCUT2D eigenvalue weighted by Crippen LogP contribution is -2.03. The molecule has 0 atom stereocenters. The highest BCUT2D eigenvalue weighted by Gasteiger charge is 2.24. The number of H-pyrrole nitrogens is 1. The highest BCUT2D eigenvalue weighted by atomic mass is 16.2. The lowest BCUT2D eigenvalue weighted by atomic mass is 9.99. The number of nitrogen functional groups attached to an aromatic ring is 1. The molecule has 0 aliphatic carbocycles. The Hall–Kier alpha value is -3.27. The summed E-state index contributed by atoms with van der Waals surface area (Å²) in [6, 6.07) is 15.6. The minimum atomic E-state index is -0.0735. The molecule has 4 heteroatoms. The standard InChI is InChI=1S/C19H15N3O/c20-15-4-1-13(2-5-15)14-3-6-16-17(9-12-7-8-21-11-12)19(23)22-18(16)10-14/h1-11,21H,20H2,(H,22,23)/b17-9-. The molecule has 0 spiro atoms. The third-order valence-electron chi connectivity index (χ3n) is 3.98. The normalized spacial score (nSPS) is 14.8. The topological polar surface area (TPSA) is 70.9 Å². The maximum absolute atomic E-state index is 12.2. The van der Waals surface area contributed by atoms with Crippen molar-refractivity contribution in [2.75, 3.05) is 11.1 Å². The van der Waals surface area contributed by atoms with Crippen molar-refractivity contribution in [2.24, 2.45) is 0 Å². The van der Waals surface area contributed by atoms with Crippen molar-refractivity contribution >= 4 is 28.9 Å². The molecule has 1 aromatic heterocycles. The number of carbonyl (C=O) groups excluding carboxylic acids is 1. The largest absolute Gasteiger partial charge is 0.399 e. The van der Waals surface area contributed by atoms with E-state index < -0.39 is 0 Å². The van der Waals surface area contributed by atoms with Crippen molar-refractivity contribution in [3.05, 3.63) is 72.1 Å². The Balaban J connectivity index is 1.75. The Bertz CT molecular complexity index is 906. The Morgan fingerprint density at radius 1 is 0.957 bits per heavy atom. The van der Waals surface area contributed by atoms with Crippen LogP contribution in [0.4, 0.5) is 11.4 Å². The number of carbonyl (C=O) groups is 1. The molecule has 23 heavy (non-hydrogen) atoms. The smallest absolute Gasteiger partial charge is 0.256 e. The number of aromatic amines is 1. The van der Waals surface area contributed by atoms with Gasteiger partial charge in [0.25, 0.3) is 5.91 Å². The molecule has 0 saturated carbocycles. The van der Waals surface area contributed by atoms with Crippen LogP contribution in [0.25, 0.3) is 22.8 Å². The molecule has 0 bridgehead atoms. The number of benzene rings is 2. The van der Waals surface area contributed by atoms with Gasteiger partial charge in [-0.2, -0.15) is 0 Å². The molecule has 2 aromatic carbocycles. The zero-order valence-electron chi connectivity index (χ0n) is 12.3. The van der Waals surface area contributed by atoms with Gasteiger partial charge >= 0.3 is 0 Å². The molecule has 1 amide bonds. The quantitative estimate of drug-likeness (QED) is 0.498. The fourth-order valence-corrected chi connectivity index (χ4v) is 2.79. The predicted octanol–water partition coefficient (Wildman–Crippen LogP) is 3.76. The van der Waals surface area contributed by atoms with E-state index in [2.05, 4.69) is 10.3 Å². The summed E-state index contributed by atoms with van der Waals surface area (Å²) < 4.78 is 0. The van der Waals surface area contributed by atoms with Crippen LogP contribution >= 0.6 is 0 Å². The number of amides is 1. The van der Waals surface area contributed by atoms with Gasteiger partial charge in [-0.15, -0.1) is 0 Å². The molecule has 0 fully saturated rings. The van der Waals surface area contributed by atoms with Crippen LogP contribution in [0.2, 0.25) is 0 Å². The van der Waals surface area contributed by atoms with Crippen molar-refractivity contribution in [2.45, 2.75) is 0 Å². The summed E-state index contributed by atoms with van der Waals surface area (Å²) in [5.41, 5.74) is 12.0. The Kier molecular flexibility index (Phi) is 3.01. The van der Waals surface area contributed by atoms with Crippen LogP contribution < -0.4 is 11.1 Å². The second kappa shape index (κ2) is 5.18. The first-order chi connectivity index (χ1) is 11.2. The number of nitrogens with two attached hydrogens (primary N) is 1. The Morgan fingerprint density at radius 2 is 1.74 bits per heavy atom. The zero-order valence-corrected chi connectivity index (χ0v) is 12.3. The molecule has 4 N–H and O–H groups in total. The highest BCUT2D eigenvalue weighted by Crippen LogP contribution is 2.36. The fourth-order valence-electron chi connectivity index (χ4n) is 2.79. The summed E-state index contributed by atoms with van der Waals surface area (Å²) in [6.07, 6.45) is 5.59. The molecule has 0 saturated heterocycles. The van der Waals surface area contributed by atoms with E-state index in [0.29, 0.717) is 5.57 Å². The molecule has 1 aliphatic heterocycles. The van der Waals surface area contributed by atoms with E-state index >= 15 is 0 Å².